The van der Waals surface area contributed by atoms with Crippen molar-refractivity contribution in [3.05, 3.63) is 0 Å². The van der Waals surface area contributed by atoms with Crippen LogP contribution in [0.5, 0.6) is 0 Å². The van der Waals surface area contributed by atoms with Crippen LogP contribution in [0, 0.1) is 5.92 Å². The van der Waals surface area contributed by atoms with E-state index in [0.717, 1.165) is 32.7 Å². The van der Waals surface area contributed by atoms with Crippen LogP contribution in [0.25, 0.3) is 0 Å². The molecular formula is C12H21N3O. The second kappa shape index (κ2) is 4.24. The normalized spacial score (nSPS) is 34.2. The molecule has 1 N–H and O–H groups in total. The van der Waals surface area contributed by atoms with Gasteiger partial charge in [0.15, 0.2) is 0 Å². The van der Waals surface area contributed by atoms with Crippen molar-refractivity contribution in [2.45, 2.75) is 31.7 Å². The van der Waals surface area contributed by atoms with Crippen LogP contribution in [0.1, 0.15) is 25.7 Å². The van der Waals surface area contributed by atoms with E-state index < -0.39 is 0 Å². The Balaban J connectivity index is 1.61. The summed E-state index contributed by atoms with van der Waals surface area (Å²) in [5.41, 5.74) is 0. The van der Waals surface area contributed by atoms with Gasteiger partial charge >= 0.3 is 6.03 Å². The number of fused-ring (bicyclic) bond motifs is 1. The maximum Gasteiger partial charge on any atom is 0.320 e. The molecule has 0 radical (unpaired) electrons. The van der Waals surface area contributed by atoms with Crippen molar-refractivity contribution in [1.82, 2.24) is 15.1 Å². The van der Waals surface area contributed by atoms with Crippen molar-refractivity contribution in [1.29, 1.82) is 0 Å². The molecule has 4 nitrogen and oxygen atoms in total. The molecule has 0 bridgehead atoms. The Morgan fingerprint density at radius 2 is 1.88 bits per heavy atom. The van der Waals surface area contributed by atoms with Crippen molar-refractivity contribution in [3.8, 4) is 0 Å². The number of nitrogens with one attached hydrogen (secondary N) is 1. The summed E-state index contributed by atoms with van der Waals surface area (Å²) >= 11 is 0. The third-order valence-corrected chi connectivity index (χ3v) is 4.25. The molecule has 4 heteroatoms. The lowest BCUT2D eigenvalue weighted by Gasteiger charge is -2.24. The number of piperidine rings is 1. The molecule has 2 amide bonds. The van der Waals surface area contributed by atoms with Gasteiger partial charge in [0.05, 0.1) is 0 Å². The van der Waals surface area contributed by atoms with E-state index in [1.54, 1.807) is 0 Å². The van der Waals surface area contributed by atoms with E-state index in [1.165, 1.54) is 25.7 Å². The van der Waals surface area contributed by atoms with Crippen LogP contribution in [0.15, 0.2) is 0 Å². The predicted molar refractivity (Wildman–Crippen MR) is 62.3 cm³/mol. The van der Waals surface area contributed by atoms with Crippen LogP contribution in [0.4, 0.5) is 4.79 Å². The summed E-state index contributed by atoms with van der Waals surface area (Å²) in [5.74, 6) is 0.709. The SMILES string of the molecule is O=C(N1CCCC1)N1C[C@@H]2CCCN[C@@H]2C1. The fraction of sp³-hybridized carbons (Fsp3) is 0.917. The first-order chi connectivity index (χ1) is 7.84. The lowest BCUT2D eigenvalue weighted by atomic mass is 9.94. The third kappa shape index (κ3) is 1.79. The van der Waals surface area contributed by atoms with E-state index in [2.05, 4.69) is 10.2 Å². The molecule has 90 valence electrons. The van der Waals surface area contributed by atoms with Crippen molar-refractivity contribution in [3.63, 3.8) is 0 Å². The van der Waals surface area contributed by atoms with E-state index in [0.29, 0.717) is 12.0 Å². The van der Waals surface area contributed by atoms with Gasteiger partial charge in [-0.2, -0.15) is 0 Å². The number of rotatable bonds is 0. The molecule has 3 heterocycles. The zero-order valence-electron chi connectivity index (χ0n) is 9.82. The standard InChI is InChI=1S/C12H21N3O/c16-12(14-6-1-2-7-14)15-8-10-4-3-5-13-11(10)9-15/h10-11,13H,1-9H2/t10-,11+/m0/s1. The summed E-state index contributed by atoms with van der Waals surface area (Å²) in [7, 11) is 0. The molecule has 0 aromatic carbocycles. The third-order valence-electron chi connectivity index (χ3n) is 4.25. The molecule has 3 aliphatic rings. The molecule has 0 spiro atoms. The first kappa shape index (κ1) is 10.4. The maximum atomic E-state index is 12.2. The number of amides is 2. The Labute approximate surface area is 97.0 Å². The second-order valence-corrected chi connectivity index (χ2v) is 5.34. The van der Waals surface area contributed by atoms with Crippen LogP contribution < -0.4 is 5.32 Å². The molecule has 0 unspecified atom stereocenters. The zero-order chi connectivity index (χ0) is 11.0. The largest absolute Gasteiger partial charge is 0.325 e. The van der Waals surface area contributed by atoms with E-state index >= 15 is 0 Å². The van der Waals surface area contributed by atoms with Gasteiger partial charge in [-0.1, -0.05) is 0 Å². The number of hydrogen-bond acceptors (Lipinski definition) is 2. The summed E-state index contributed by atoms with van der Waals surface area (Å²) in [6.07, 6.45) is 4.93. The monoisotopic (exact) mass is 223 g/mol. The molecule has 3 saturated heterocycles. The summed E-state index contributed by atoms with van der Waals surface area (Å²) < 4.78 is 0. The number of carbonyl (C=O) groups excluding carboxylic acids is 1. The van der Waals surface area contributed by atoms with Crippen molar-refractivity contribution in [2.24, 2.45) is 5.92 Å². The highest BCUT2D eigenvalue weighted by atomic mass is 16.2. The van der Waals surface area contributed by atoms with Gasteiger partial charge in [0.2, 0.25) is 0 Å². The minimum Gasteiger partial charge on any atom is -0.325 e. The summed E-state index contributed by atoms with van der Waals surface area (Å²) in [5, 5.41) is 3.54. The molecule has 16 heavy (non-hydrogen) atoms. The predicted octanol–water partition coefficient (Wildman–Crippen LogP) is 0.886. The Bertz CT molecular complexity index is 261. The van der Waals surface area contributed by atoms with Gasteiger partial charge in [-0.05, 0) is 38.1 Å². The van der Waals surface area contributed by atoms with Crippen molar-refractivity contribution >= 4 is 6.03 Å². The lowest BCUT2D eigenvalue weighted by Crippen LogP contribution is -2.43. The topological polar surface area (TPSA) is 35.6 Å². The van der Waals surface area contributed by atoms with Crippen LogP contribution in [0.3, 0.4) is 0 Å². The van der Waals surface area contributed by atoms with Gasteiger partial charge in [-0.15, -0.1) is 0 Å². The van der Waals surface area contributed by atoms with Crippen LogP contribution >= 0.6 is 0 Å². The number of hydrogen-bond donors (Lipinski definition) is 1. The molecule has 3 rings (SSSR count). The fourth-order valence-corrected chi connectivity index (χ4v) is 3.31. The molecule has 0 aromatic heterocycles. The smallest absolute Gasteiger partial charge is 0.320 e. The Hall–Kier alpha value is -0.770. The highest BCUT2D eigenvalue weighted by molar-refractivity contribution is 5.75. The van der Waals surface area contributed by atoms with Crippen molar-refractivity contribution < 1.29 is 4.79 Å². The number of urea groups is 1. The van der Waals surface area contributed by atoms with Crippen molar-refractivity contribution in [2.75, 3.05) is 32.7 Å². The number of nitrogens with zero attached hydrogens (tertiary/aromatic N) is 2. The lowest BCUT2D eigenvalue weighted by molar-refractivity contribution is 0.171. The summed E-state index contributed by atoms with van der Waals surface area (Å²) in [6, 6.07) is 0.856. The van der Waals surface area contributed by atoms with E-state index in [4.69, 9.17) is 0 Å². The quantitative estimate of drug-likeness (QED) is 0.662. The van der Waals surface area contributed by atoms with Crippen LogP contribution in [-0.2, 0) is 0 Å². The van der Waals surface area contributed by atoms with Gasteiger partial charge < -0.3 is 15.1 Å². The Morgan fingerprint density at radius 1 is 1.06 bits per heavy atom. The van der Waals surface area contributed by atoms with Gasteiger partial charge in [0.25, 0.3) is 0 Å². The van der Waals surface area contributed by atoms with E-state index in [-0.39, 0.29) is 6.03 Å². The average molecular weight is 223 g/mol. The molecule has 3 aliphatic heterocycles. The van der Waals surface area contributed by atoms with Gasteiger partial charge in [0.1, 0.15) is 0 Å². The van der Waals surface area contributed by atoms with Gasteiger partial charge in [0, 0.05) is 32.2 Å². The Morgan fingerprint density at radius 3 is 2.62 bits per heavy atom. The number of carbonyl (C=O) groups is 1. The maximum absolute atomic E-state index is 12.2. The summed E-state index contributed by atoms with van der Waals surface area (Å²) in [4.78, 5) is 16.3. The summed E-state index contributed by atoms with van der Waals surface area (Å²) in [6.45, 7) is 4.98. The highest BCUT2D eigenvalue weighted by Gasteiger charge is 2.38. The first-order valence-electron chi connectivity index (χ1n) is 6.62. The first-order valence-corrected chi connectivity index (χ1v) is 6.62. The molecular weight excluding hydrogens is 202 g/mol. The zero-order valence-corrected chi connectivity index (χ0v) is 9.82. The molecule has 0 aromatic rings. The average Bonchev–Trinajstić information content (AvgIpc) is 2.97. The molecule has 0 aliphatic carbocycles. The molecule has 0 saturated carbocycles. The minimum atomic E-state index is 0.286. The molecule has 3 fully saturated rings. The van der Waals surface area contributed by atoms with E-state index in [1.807, 2.05) is 4.90 Å². The minimum absolute atomic E-state index is 0.286. The molecule has 2 atom stereocenters. The van der Waals surface area contributed by atoms with Crippen LogP contribution in [-0.4, -0.2) is 54.6 Å². The van der Waals surface area contributed by atoms with Gasteiger partial charge in [-0.25, -0.2) is 4.79 Å². The van der Waals surface area contributed by atoms with Crippen LogP contribution in [0.2, 0.25) is 0 Å². The van der Waals surface area contributed by atoms with Gasteiger partial charge in [-0.3, -0.25) is 0 Å². The highest BCUT2D eigenvalue weighted by Crippen LogP contribution is 2.26. The van der Waals surface area contributed by atoms with E-state index in [9.17, 15) is 4.79 Å². The second-order valence-electron chi connectivity index (χ2n) is 5.34. The fourth-order valence-electron chi connectivity index (χ4n) is 3.31. The number of likely N-dealkylation sites (tertiary alicyclic amines) is 2. The Kier molecular flexibility index (Phi) is 2.75.